The molecule has 0 aliphatic heterocycles. The lowest BCUT2D eigenvalue weighted by Crippen LogP contribution is -2.28. The second-order valence-electron chi connectivity index (χ2n) is 5.30. The highest BCUT2D eigenvalue weighted by atomic mass is 16.6. The van der Waals surface area contributed by atoms with Crippen LogP contribution in [0.15, 0.2) is 42.7 Å². The predicted molar refractivity (Wildman–Crippen MR) is 93.3 cm³/mol. The molecule has 1 aromatic carbocycles. The van der Waals surface area contributed by atoms with Gasteiger partial charge in [-0.05, 0) is 12.1 Å². The Morgan fingerprint density at radius 2 is 2.15 bits per heavy atom. The second kappa shape index (κ2) is 8.39. The third-order valence-electron chi connectivity index (χ3n) is 3.20. The monoisotopic (exact) mass is 357 g/mol. The molecule has 0 fully saturated rings. The molecule has 8 nitrogen and oxygen atoms in total. The summed E-state index contributed by atoms with van der Waals surface area (Å²) in [6, 6.07) is 7.25. The topological polar surface area (TPSA) is 102 Å². The van der Waals surface area contributed by atoms with Gasteiger partial charge in [-0.15, -0.1) is 0 Å². The molecule has 0 saturated heterocycles. The summed E-state index contributed by atoms with van der Waals surface area (Å²) >= 11 is 0. The number of aromatic nitrogens is 1. The molecule has 1 N–H and O–H groups in total. The summed E-state index contributed by atoms with van der Waals surface area (Å²) in [5.74, 6) is 4.44. The smallest absolute Gasteiger partial charge is 0.345 e. The van der Waals surface area contributed by atoms with Crippen molar-refractivity contribution >= 4 is 23.3 Å². The van der Waals surface area contributed by atoms with Crippen molar-refractivity contribution in [3.05, 3.63) is 64.0 Å². The maximum Gasteiger partial charge on any atom is 0.345 e. The van der Waals surface area contributed by atoms with Crippen LogP contribution in [0.1, 0.15) is 24.3 Å². The van der Waals surface area contributed by atoms with Crippen molar-refractivity contribution in [3.63, 3.8) is 0 Å². The fraction of sp³-hybridized carbons (Fsp3) is 0.167. The van der Waals surface area contributed by atoms with Gasteiger partial charge in [-0.25, -0.2) is 9.36 Å². The number of rotatable bonds is 4. The van der Waals surface area contributed by atoms with E-state index in [0.29, 0.717) is 11.3 Å². The largest absolute Gasteiger partial charge is 1.00 e. The van der Waals surface area contributed by atoms with Crippen LogP contribution in [0.4, 0.5) is 11.4 Å². The van der Waals surface area contributed by atoms with Gasteiger partial charge in [0.1, 0.15) is 12.6 Å². The molecule has 2 rings (SSSR count). The first-order valence-corrected chi connectivity index (χ1v) is 7.54. The number of pyridine rings is 1. The van der Waals surface area contributed by atoms with Gasteiger partial charge < -0.3 is 11.5 Å². The number of non-ortho nitro benzene ring substituents is 1. The molecule has 1 heterocycles. The summed E-state index contributed by atoms with van der Waals surface area (Å²) in [6.07, 6.45) is 3.40. The summed E-state index contributed by atoms with van der Waals surface area (Å²) in [6.45, 7) is 1.12. The zero-order valence-electron chi connectivity index (χ0n) is 15.2. The first-order valence-electron chi connectivity index (χ1n) is 7.54. The van der Waals surface area contributed by atoms with Gasteiger partial charge in [-0.2, -0.15) is 0 Å². The van der Waals surface area contributed by atoms with E-state index in [-0.39, 0.29) is 25.2 Å². The highest BCUT2D eigenvalue weighted by molar-refractivity contribution is 5.90. The molecule has 0 atom stereocenters. The van der Waals surface area contributed by atoms with Crippen LogP contribution >= 0.6 is 0 Å². The molecule has 0 aliphatic rings. The number of nitrogens with zero attached hydrogens (tertiary/aromatic N) is 2. The van der Waals surface area contributed by atoms with Crippen molar-refractivity contribution in [3.8, 4) is 11.8 Å². The average molecular weight is 357 g/mol. The van der Waals surface area contributed by atoms with Crippen LogP contribution in [0.3, 0.4) is 0 Å². The van der Waals surface area contributed by atoms with Crippen molar-refractivity contribution in [1.82, 2.24) is 0 Å². The minimum Gasteiger partial charge on any atom is -1.00 e. The number of nitro benzene ring substituents is 1. The summed E-state index contributed by atoms with van der Waals surface area (Å²) in [5.41, 5.74) is 0.830. The second-order valence-corrected chi connectivity index (χ2v) is 5.30. The number of carbonyl (C=O) groups excluding carboxylic acids is 2. The highest BCUT2D eigenvalue weighted by Gasteiger charge is 2.11. The maximum atomic E-state index is 11.9. The lowest BCUT2D eigenvalue weighted by atomic mass is 10.1. The molecule has 0 aliphatic carbocycles. The van der Waals surface area contributed by atoms with Crippen LogP contribution in [0.5, 0.6) is 0 Å². The van der Waals surface area contributed by atoms with Crippen LogP contribution in [0.2, 0.25) is 0 Å². The Labute approximate surface area is 151 Å². The molecule has 0 bridgehead atoms. The quantitative estimate of drug-likeness (QED) is 0.295. The van der Waals surface area contributed by atoms with E-state index in [1.165, 1.54) is 25.1 Å². The molecule has 8 heteroatoms. The zero-order chi connectivity index (χ0) is 19.1. The number of hydrogen-bond acceptors (Lipinski definition) is 5. The van der Waals surface area contributed by atoms with E-state index in [1.807, 2.05) is 0 Å². The third-order valence-corrected chi connectivity index (χ3v) is 3.20. The van der Waals surface area contributed by atoms with Gasteiger partial charge >= 0.3 is 5.97 Å². The van der Waals surface area contributed by atoms with E-state index in [4.69, 9.17) is 4.74 Å². The van der Waals surface area contributed by atoms with Gasteiger partial charge in [0.25, 0.3) is 5.69 Å². The minimum absolute atomic E-state index is 0. The normalized spacial score (nSPS) is 9.62. The number of hydrogen-bond donors (Lipinski definition) is 1. The van der Waals surface area contributed by atoms with Crippen molar-refractivity contribution < 1.29 is 25.2 Å². The van der Waals surface area contributed by atoms with Gasteiger partial charge in [-0.3, -0.25) is 14.9 Å². The first kappa shape index (κ1) is 18.6. The summed E-state index contributed by atoms with van der Waals surface area (Å²) in [7, 11) is 1.78. The van der Waals surface area contributed by atoms with Gasteiger partial charge in [0.15, 0.2) is 19.0 Å². The summed E-state index contributed by atoms with van der Waals surface area (Å²) in [4.78, 5) is 33.5. The number of aryl methyl sites for hydroxylation is 1. The van der Waals surface area contributed by atoms with E-state index >= 15 is 0 Å². The Morgan fingerprint density at radius 1 is 1.38 bits per heavy atom. The number of carbonyl (C=O) groups is 2. The van der Waals surface area contributed by atoms with Crippen molar-refractivity contribution in [2.75, 3.05) is 11.9 Å². The molecule has 0 saturated carbocycles. The van der Waals surface area contributed by atoms with Gasteiger partial charge in [0, 0.05) is 25.1 Å². The molecule has 0 unspecified atom stereocenters. The number of ether oxygens (including phenoxy) is 1. The van der Waals surface area contributed by atoms with E-state index in [2.05, 4.69) is 17.2 Å². The van der Waals surface area contributed by atoms with Crippen molar-refractivity contribution in [2.24, 2.45) is 7.05 Å². The van der Waals surface area contributed by atoms with Gasteiger partial charge in [-0.1, -0.05) is 11.8 Å². The lowest BCUT2D eigenvalue weighted by molar-refractivity contribution is -0.671. The number of amides is 1. The predicted octanol–water partition coefficient (Wildman–Crippen LogP) is 1.70. The van der Waals surface area contributed by atoms with Crippen LogP contribution in [-0.4, -0.2) is 23.4 Å². The molecule has 0 radical (unpaired) electrons. The molecule has 1 amide bonds. The molecule has 2 aromatic rings. The molecular weight excluding hydrogens is 338 g/mol. The van der Waals surface area contributed by atoms with E-state index in [1.54, 1.807) is 36.1 Å². The highest BCUT2D eigenvalue weighted by Crippen LogP contribution is 2.21. The number of nitrogens with one attached hydrogen (secondary N) is 1. The fourth-order valence-corrected chi connectivity index (χ4v) is 2.07. The molecule has 134 valence electrons. The summed E-state index contributed by atoms with van der Waals surface area (Å²) < 4.78 is 6.77. The van der Waals surface area contributed by atoms with Gasteiger partial charge in [0.2, 0.25) is 5.91 Å². The van der Waals surface area contributed by atoms with Gasteiger partial charge in [0.05, 0.1) is 16.2 Å². The number of anilines is 1. The SMILES string of the molecule is CC(=O)Nc1ccc([N+](=O)[O-])cc1C#CCOC(=O)c1ccc[n+](C)c1.[3H-]. The number of esters is 1. The molecule has 26 heavy (non-hydrogen) atoms. The Morgan fingerprint density at radius 3 is 2.81 bits per heavy atom. The zero-order valence-corrected chi connectivity index (χ0v) is 14.2. The van der Waals surface area contributed by atoms with Crippen LogP contribution in [0, 0.1) is 22.0 Å². The minimum atomic E-state index is -0.557. The molecule has 1 aromatic heterocycles. The first-order chi connectivity index (χ1) is 12.4. The van der Waals surface area contributed by atoms with Crippen molar-refractivity contribution in [2.45, 2.75) is 6.92 Å². The van der Waals surface area contributed by atoms with E-state index < -0.39 is 10.9 Å². The summed E-state index contributed by atoms with van der Waals surface area (Å²) in [5, 5.41) is 13.4. The van der Waals surface area contributed by atoms with Crippen molar-refractivity contribution in [1.29, 1.82) is 0 Å². The molecular formula is C18H17N3O5. The average Bonchev–Trinajstić information content (AvgIpc) is 2.59. The Hall–Kier alpha value is -3.73. The maximum absolute atomic E-state index is 11.9. The lowest BCUT2D eigenvalue weighted by Gasteiger charge is -2.05. The van der Waals surface area contributed by atoms with Crippen LogP contribution < -0.4 is 9.88 Å². The third kappa shape index (κ3) is 5.14. The molecule has 0 spiro atoms. The number of nitro groups is 1. The van der Waals surface area contributed by atoms with Crippen LogP contribution in [-0.2, 0) is 16.6 Å². The fourth-order valence-electron chi connectivity index (χ4n) is 2.07. The Balaban J connectivity index is 0.00000364. The standard InChI is InChI=1S/C18H15N3O5.H/c1-13(22)19-17-8-7-16(21(24)25)11-14(17)6-4-10-26-18(23)15-5-3-9-20(2)12-15;/h3,5,7-9,11-12H,10H2,1-2H3;/q;-1/p+1/i;1+2. The van der Waals surface area contributed by atoms with E-state index in [0.717, 1.165) is 0 Å². The number of benzene rings is 1. The Kier molecular flexibility index (Phi) is 6.01. The van der Waals surface area contributed by atoms with Crippen LogP contribution in [0.25, 0.3) is 0 Å². The Bertz CT molecular complexity index is 934. The van der Waals surface area contributed by atoms with E-state index in [9.17, 15) is 19.7 Å².